The number of carbonyl (C=O) groups excluding carboxylic acids is 2. The molecule has 0 aliphatic carbocycles. The monoisotopic (exact) mass is 390 g/mol. The Morgan fingerprint density at radius 3 is 2.36 bits per heavy atom. The Kier molecular flexibility index (Phi) is 5.77. The number of hydrogen-bond donors (Lipinski definition) is 1. The van der Waals surface area contributed by atoms with Gasteiger partial charge in [-0.2, -0.15) is 0 Å². The van der Waals surface area contributed by atoms with Gasteiger partial charge in [0.05, 0.1) is 20.3 Å². The summed E-state index contributed by atoms with van der Waals surface area (Å²) in [6, 6.07) is 7.61. The van der Waals surface area contributed by atoms with E-state index >= 15 is 0 Å². The molecule has 0 spiro atoms. The van der Waals surface area contributed by atoms with Crippen molar-refractivity contribution in [1.82, 2.24) is 4.90 Å². The molecule has 1 saturated heterocycles. The summed E-state index contributed by atoms with van der Waals surface area (Å²) in [4.78, 5) is 26.4. The lowest BCUT2D eigenvalue weighted by Gasteiger charge is -2.25. The Morgan fingerprint density at radius 1 is 1.04 bits per heavy atom. The highest BCUT2D eigenvalue weighted by atomic mass is 19.1. The number of ether oxygens (including phenoxy) is 2. The number of benzene rings is 2. The number of halogens is 2. The molecule has 2 aromatic carbocycles. The summed E-state index contributed by atoms with van der Waals surface area (Å²) in [6.45, 7) is 0.406. The van der Waals surface area contributed by atoms with Gasteiger partial charge < -0.3 is 19.7 Å². The van der Waals surface area contributed by atoms with Gasteiger partial charge in [0.1, 0.15) is 11.6 Å². The first-order valence-electron chi connectivity index (χ1n) is 8.73. The maximum atomic E-state index is 13.3. The van der Waals surface area contributed by atoms with Gasteiger partial charge in [-0.25, -0.2) is 8.78 Å². The lowest BCUT2D eigenvalue weighted by atomic mass is 10.0. The topological polar surface area (TPSA) is 67.9 Å². The summed E-state index contributed by atoms with van der Waals surface area (Å²) < 4.78 is 37.1. The van der Waals surface area contributed by atoms with Gasteiger partial charge in [-0.3, -0.25) is 9.59 Å². The molecule has 0 radical (unpaired) electrons. The van der Waals surface area contributed by atoms with Crippen LogP contribution < -0.4 is 14.8 Å². The first-order valence-corrected chi connectivity index (χ1v) is 8.73. The van der Waals surface area contributed by atoms with Crippen LogP contribution in [0.25, 0.3) is 0 Å². The van der Waals surface area contributed by atoms with Crippen molar-refractivity contribution in [2.75, 3.05) is 26.1 Å². The van der Waals surface area contributed by atoms with Gasteiger partial charge in [0.2, 0.25) is 0 Å². The normalized spacial score (nSPS) is 16.0. The quantitative estimate of drug-likeness (QED) is 0.814. The molecule has 1 aliphatic heterocycles. The number of amides is 2. The van der Waals surface area contributed by atoms with Crippen molar-refractivity contribution in [2.45, 2.75) is 18.9 Å². The maximum Gasteiger partial charge on any atom is 0.313 e. The molecule has 2 amide bonds. The van der Waals surface area contributed by atoms with E-state index in [4.69, 9.17) is 9.47 Å². The number of carbonyl (C=O) groups is 2. The average molecular weight is 390 g/mol. The van der Waals surface area contributed by atoms with Crippen LogP contribution in [0.4, 0.5) is 14.5 Å². The predicted molar refractivity (Wildman–Crippen MR) is 98.2 cm³/mol. The van der Waals surface area contributed by atoms with Crippen molar-refractivity contribution in [3.63, 3.8) is 0 Å². The summed E-state index contributed by atoms with van der Waals surface area (Å²) in [5.41, 5.74) is 0.700. The number of methoxy groups -OCH3 is 2. The molecule has 1 heterocycles. The van der Waals surface area contributed by atoms with Crippen LogP contribution in [0.15, 0.2) is 36.4 Å². The number of likely N-dealkylation sites (tertiary alicyclic amines) is 1. The first kappa shape index (κ1) is 19.6. The zero-order valence-corrected chi connectivity index (χ0v) is 15.5. The smallest absolute Gasteiger partial charge is 0.313 e. The van der Waals surface area contributed by atoms with Crippen molar-refractivity contribution in [1.29, 1.82) is 0 Å². The molecule has 3 rings (SSSR count). The summed E-state index contributed by atoms with van der Waals surface area (Å²) >= 11 is 0. The largest absolute Gasteiger partial charge is 0.493 e. The lowest BCUT2D eigenvalue weighted by molar-refractivity contribution is -0.143. The van der Waals surface area contributed by atoms with Crippen molar-refractivity contribution in [3.05, 3.63) is 53.6 Å². The Bertz CT molecular complexity index is 884. The van der Waals surface area contributed by atoms with Crippen LogP contribution in [0.2, 0.25) is 0 Å². The fourth-order valence-electron chi connectivity index (χ4n) is 3.36. The van der Waals surface area contributed by atoms with Gasteiger partial charge in [0.25, 0.3) is 0 Å². The Labute approximate surface area is 161 Å². The molecule has 6 nitrogen and oxygen atoms in total. The molecule has 0 bridgehead atoms. The van der Waals surface area contributed by atoms with E-state index in [0.29, 0.717) is 30.5 Å². The van der Waals surface area contributed by atoms with E-state index in [1.165, 1.54) is 19.1 Å². The molecule has 1 aliphatic rings. The van der Waals surface area contributed by atoms with Crippen molar-refractivity contribution >= 4 is 17.5 Å². The molecule has 0 aromatic heterocycles. The molecule has 148 valence electrons. The fraction of sp³-hybridized carbons (Fsp3) is 0.300. The van der Waals surface area contributed by atoms with Gasteiger partial charge in [0.15, 0.2) is 11.5 Å². The van der Waals surface area contributed by atoms with Crippen LogP contribution in [0, 0.1) is 11.6 Å². The minimum Gasteiger partial charge on any atom is -0.493 e. The molecule has 0 unspecified atom stereocenters. The van der Waals surface area contributed by atoms with Crippen molar-refractivity contribution in [3.8, 4) is 11.5 Å². The molecule has 28 heavy (non-hydrogen) atoms. The zero-order chi connectivity index (χ0) is 20.3. The summed E-state index contributed by atoms with van der Waals surface area (Å²) in [5, 5.41) is 2.26. The van der Waals surface area contributed by atoms with Crippen molar-refractivity contribution < 1.29 is 27.8 Å². The minimum absolute atomic E-state index is 0.113. The molecular formula is C20H20F2N2O4. The third-order valence-corrected chi connectivity index (χ3v) is 4.62. The number of anilines is 1. The van der Waals surface area contributed by atoms with Crippen LogP contribution in [-0.4, -0.2) is 37.5 Å². The van der Waals surface area contributed by atoms with E-state index in [-0.39, 0.29) is 11.7 Å². The highest BCUT2D eigenvalue weighted by Gasteiger charge is 2.34. The number of rotatable bonds is 4. The van der Waals surface area contributed by atoms with Crippen LogP contribution in [0.1, 0.15) is 24.4 Å². The summed E-state index contributed by atoms with van der Waals surface area (Å²) in [6.07, 6.45) is 1.41. The van der Waals surface area contributed by atoms with Crippen LogP contribution in [0.3, 0.4) is 0 Å². The maximum absolute atomic E-state index is 13.3. The molecule has 8 heteroatoms. The first-order chi connectivity index (χ1) is 13.4. The molecule has 0 saturated carbocycles. The molecule has 1 atom stereocenters. The second-order valence-electron chi connectivity index (χ2n) is 6.38. The summed E-state index contributed by atoms with van der Waals surface area (Å²) in [5.74, 6) is -2.30. The fourth-order valence-corrected chi connectivity index (χ4v) is 3.36. The van der Waals surface area contributed by atoms with Gasteiger partial charge >= 0.3 is 11.8 Å². The van der Waals surface area contributed by atoms with Crippen LogP contribution in [0.5, 0.6) is 11.5 Å². The number of nitrogens with zero attached hydrogens (tertiary/aromatic N) is 1. The second-order valence-corrected chi connectivity index (χ2v) is 6.38. The van der Waals surface area contributed by atoms with Gasteiger partial charge in [-0.15, -0.1) is 0 Å². The Balaban J connectivity index is 1.78. The van der Waals surface area contributed by atoms with E-state index in [9.17, 15) is 18.4 Å². The van der Waals surface area contributed by atoms with Crippen molar-refractivity contribution in [2.24, 2.45) is 0 Å². The summed E-state index contributed by atoms with van der Waals surface area (Å²) in [7, 11) is 3.05. The van der Waals surface area contributed by atoms with Gasteiger partial charge in [-0.05, 0) is 42.7 Å². The second kappa shape index (κ2) is 8.24. The van der Waals surface area contributed by atoms with Crippen LogP contribution in [-0.2, 0) is 9.59 Å². The molecular weight excluding hydrogens is 370 g/mol. The third-order valence-electron chi connectivity index (χ3n) is 4.62. The van der Waals surface area contributed by atoms with Crippen LogP contribution >= 0.6 is 0 Å². The highest BCUT2D eigenvalue weighted by molar-refractivity contribution is 6.39. The van der Waals surface area contributed by atoms with E-state index in [1.807, 2.05) is 6.07 Å². The Morgan fingerprint density at radius 2 is 1.71 bits per heavy atom. The average Bonchev–Trinajstić information content (AvgIpc) is 3.15. The minimum atomic E-state index is -0.947. The van der Waals surface area contributed by atoms with E-state index in [2.05, 4.69) is 5.32 Å². The van der Waals surface area contributed by atoms with E-state index < -0.39 is 23.4 Å². The molecule has 1 N–H and O–H groups in total. The highest BCUT2D eigenvalue weighted by Crippen LogP contribution is 2.37. The zero-order valence-electron chi connectivity index (χ0n) is 15.5. The SMILES string of the molecule is COc1ccc([C@H]2CCCN2C(=O)C(=O)Nc2cc(F)cc(F)c2)cc1OC. The lowest BCUT2D eigenvalue weighted by Crippen LogP contribution is -2.39. The van der Waals surface area contributed by atoms with E-state index in [1.54, 1.807) is 12.1 Å². The standard InChI is InChI=1S/C20H20F2N2O4/c1-27-17-6-5-12(8-18(17)28-2)16-4-3-7-24(16)20(26)19(25)23-15-10-13(21)9-14(22)11-15/h5-6,8-11,16H,3-4,7H2,1-2H3,(H,23,25)/t16-/m1/s1. The van der Waals surface area contributed by atoms with Gasteiger partial charge in [0, 0.05) is 18.3 Å². The predicted octanol–water partition coefficient (Wildman–Crippen LogP) is 3.28. The Hall–Kier alpha value is -3.16. The molecule has 2 aromatic rings. The van der Waals surface area contributed by atoms with Gasteiger partial charge in [-0.1, -0.05) is 6.07 Å². The van der Waals surface area contributed by atoms with E-state index in [0.717, 1.165) is 24.1 Å². The number of hydrogen-bond acceptors (Lipinski definition) is 4. The third kappa shape index (κ3) is 4.05. The molecule has 1 fully saturated rings. The number of nitrogens with one attached hydrogen (secondary N) is 1.